The van der Waals surface area contributed by atoms with Gasteiger partial charge in [-0.1, -0.05) is 0 Å². The van der Waals surface area contributed by atoms with E-state index < -0.39 is 133 Å². The quantitative estimate of drug-likeness (QED) is 0.0883. The zero-order chi connectivity index (χ0) is 47.8. The van der Waals surface area contributed by atoms with Crippen LogP contribution in [0.5, 0.6) is 0 Å². The van der Waals surface area contributed by atoms with E-state index in [4.69, 9.17) is 34.2 Å². The van der Waals surface area contributed by atoms with E-state index in [-0.39, 0.29) is 38.9 Å². The Balaban J connectivity index is 2.09. The molecule has 2 unspecified atom stereocenters. The summed E-state index contributed by atoms with van der Waals surface area (Å²) in [4.78, 5) is 53.7. The van der Waals surface area contributed by atoms with Crippen LogP contribution >= 0.6 is 0 Å². The number of likely N-dealkylation sites (N-methyl/N-ethyl adjacent to an activating group) is 1. The number of ether oxygens (including phenoxy) is 6. The topological polar surface area (TPSA) is 322 Å². The van der Waals surface area contributed by atoms with Crippen molar-refractivity contribution in [3.63, 3.8) is 0 Å². The second-order valence-electron chi connectivity index (χ2n) is 19.6. The summed E-state index contributed by atoms with van der Waals surface area (Å²) in [7, 11) is 1.32. The maximum atomic E-state index is 13.7. The Kier molecular flexibility index (Phi) is 18.8. The van der Waals surface area contributed by atoms with Gasteiger partial charge in [-0.3, -0.25) is 4.79 Å². The summed E-state index contributed by atoms with van der Waals surface area (Å²) in [6.07, 6.45) is -11.6. The van der Waals surface area contributed by atoms with Crippen LogP contribution in [0.25, 0.3) is 0 Å². The Bertz CT molecular complexity index is 1560. The number of nitrogens with one attached hydrogen (secondary N) is 4. The molecule has 1 saturated carbocycles. The average molecular weight is 907 g/mol. The van der Waals surface area contributed by atoms with Gasteiger partial charge in [0.15, 0.2) is 6.29 Å². The van der Waals surface area contributed by atoms with Crippen molar-refractivity contribution in [2.75, 3.05) is 39.9 Å². The van der Waals surface area contributed by atoms with Crippen molar-refractivity contribution in [1.82, 2.24) is 26.2 Å². The lowest BCUT2D eigenvalue weighted by atomic mass is 9.72. The number of amides is 4. The lowest BCUT2D eigenvalue weighted by Crippen LogP contribution is -2.71. The second kappa shape index (κ2) is 22.1. The minimum Gasteiger partial charge on any atom is -0.492 e. The number of aliphatic hydroxyl groups excluding tert-OH is 5. The lowest BCUT2D eigenvalue weighted by molar-refractivity contribution is -0.306. The highest BCUT2D eigenvalue weighted by atomic mass is 16.7. The van der Waals surface area contributed by atoms with Gasteiger partial charge >= 0.3 is 18.3 Å². The largest absolute Gasteiger partial charge is 0.492 e. The molecule has 0 bridgehead atoms. The highest BCUT2D eigenvalue weighted by Crippen LogP contribution is 2.39. The Labute approximate surface area is 369 Å². The molecule has 0 spiro atoms. The monoisotopic (exact) mass is 907 g/mol. The summed E-state index contributed by atoms with van der Waals surface area (Å²) < 4.78 is 34.9. The summed E-state index contributed by atoms with van der Waals surface area (Å²) in [5, 5.41) is 77.7. The van der Waals surface area contributed by atoms with E-state index in [0.717, 1.165) is 4.90 Å². The smallest absolute Gasteiger partial charge is 0.410 e. The van der Waals surface area contributed by atoms with Crippen molar-refractivity contribution in [1.29, 1.82) is 0 Å². The van der Waals surface area contributed by atoms with Crippen LogP contribution < -0.4 is 27.0 Å². The average Bonchev–Trinajstić information content (AvgIpc) is 3.13. The number of carbonyl (C=O) groups is 4. The second-order valence-corrected chi connectivity index (χ2v) is 19.6. The molecule has 0 aromatic rings. The summed E-state index contributed by atoms with van der Waals surface area (Å²) >= 11 is 0. The fourth-order valence-electron chi connectivity index (χ4n) is 7.70. The molecule has 2 fully saturated rings. The molecule has 0 aromatic heterocycles. The molecular weight excluding hydrogens is 832 g/mol. The minimum atomic E-state index is -1.84. The third-order valence-corrected chi connectivity index (χ3v) is 10.4. The van der Waals surface area contributed by atoms with Crippen molar-refractivity contribution in [3.05, 3.63) is 11.8 Å². The molecule has 2 aliphatic heterocycles. The molecule has 364 valence electrons. The SMILES string of the molecule is CN(C(=O)OC(C)(C)C)[C@@H]1[C@@H](O)[C@@H](O[C@H]2[C@H](NC(=O)[C@@H](O)CCNC(=O)OC(C)(C)C)C[C@H](NC(=O)OC(C)(C)C)C([C@H]3OC(CN)=CC[C@H]3NCC(O)CO)[C@@H]2O)OC[C@]1(C)O. The Morgan fingerprint density at radius 1 is 0.921 bits per heavy atom. The number of hydrogen-bond donors (Lipinski definition) is 11. The van der Waals surface area contributed by atoms with E-state index in [1.165, 1.54) is 14.0 Å². The first-order valence-electron chi connectivity index (χ1n) is 21.3. The van der Waals surface area contributed by atoms with Crippen molar-refractivity contribution in [2.24, 2.45) is 11.7 Å². The van der Waals surface area contributed by atoms with Crippen LogP contribution in [0.1, 0.15) is 88.5 Å². The molecule has 4 amide bonds. The van der Waals surface area contributed by atoms with Gasteiger partial charge in [0, 0.05) is 38.1 Å². The molecule has 2 heterocycles. The maximum Gasteiger partial charge on any atom is 0.410 e. The third-order valence-electron chi connectivity index (χ3n) is 10.4. The molecule has 22 nitrogen and oxygen atoms in total. The molecule has 3 rings (SSSR count). The van der Waals surface area contributed by atoms with Crippen LogP contribution in [0.2, 0.25) is 0 Å². The Morgan fingerprint density at radius 3 is 2.10 bits per heavy atom. The normalized spacial score (nSPS) is 31.3. The molecule has 12 N–H and O–H groups in total. The first-order valence-corrected chi connectivity index (χ1v) is 21.3. The first kappa shape index (κ1) is 53.8. The van der Waals surface area contributed by atoms with E-state index in [9.17, 15) is 49.8 Å². The van der Waals surface area contributed by atoms with Gasteiger partial charge in [0.25, 0.3) is 0 Å². The predicted molar refractivity (Wildman–Crippen MR) is 225 cm³/mol. The summed E-state index contributed by atoms with van der Waals surface area (Å²) in [5.74, 6) is -1.74. The van der Waals surface area contributed by atoms with E-state index in [0.29, 0.717) is 5.76 Å². The van der Waals surface area contributed by atoms with Crippen LogP contribution in [0.4, 0.5) is 14.4 Å². The summed E-state index contributed by atoms with van der Waals surface area (Å²) in [6.45, 7) is 15.0. The predicted octanol–water partition coefficient (Wildman–Crippen LogP) is -0.947. The number of aliphatic hydroxyl groups is 6. The van der Waals surface area contributed by atoms with Gasteiger partial charge in [-0.05, 0) is 94.6 Å². The minimum absolute atomic E-state index is 0.0384. The standard InChI is InChI=1S/C41H74N6O16/c1-38(2,3)61-35(54)43-15-14-26(50)33(53)45-25-16-24(46-36(55)62-39(4,5)6)27(30-23(44-18-21(49)19-48)13-12-22(17-42)59-30)28(51)31(25)60-34-29(52)32(41(10,57)20-58-34)47(11)37(56)63-40(7,8)9/h12,21,23-32,34,44,48-52,57H,13-20,42H2,1-11H3,(H,43,54)(H,45,53)(H,46,55)/t21?,23-,24+,25-,26+,27?,28+,29-,30+,31+,32-,34-,41+/m1/s1. The maximum absolute atomic E-state index is 13.7. The number of nitrogens with two attached hydrogens (primary N) is 1. The molecule has 0 aromatic carbocycles. The van der Waals surface area contributed by atoms with Crippen molar-refractivity contribution in [3.8, 4) is 0 Å². The fraction of sp³-hybridized carbons (Fsp3) is 0.854. The van der Waals surface area contributed by atoms with Gasteiger partial charge in [-0.15, -0.1) is 0 Å². The number of alkyl carbamates (subject to hydrolysis) is 2. The van der Waals surface area contributed by atoms with Gasteiger partial charge in [-0.2, -0.15) is 0 Å². The van der Waals surface area contributed by atoms with E-state index in [1.807, 2.05) is 0 Å². The van der Waals surface area contributed by atoms with E-state index in [1.54, 1.807) is 68.4 Å². The van der Waals surface area contributed by atoms with Gasteiger partial charge in [0.05, 0.1) is 44.1 Å². The first-order chi connectivity index (χ1) is 29.0. The third kappa shape index (κ3) is 16.1. The van der Waals surface area contributed by atoms with Gasteiger partial charge in [0.1, 0.15) is 52.6 Å². The van der Waals surface area contributed by atoms with Gasteiger partial charge in [0.2, 0.25) is 5.91 Å². The zero-order valence-corrected chi connectivity index (χ0v) is 38.5. The molecule has 22 heteroatoms. The van der Waals surface area contributed by atoms with Crippen molar-refractivity contribution < 1.29 is 78.2 Å². The highest BCUT2D eigenvalue weighted by Gasteiger charge is 2.56. The Hall–Kier alpha value is -3.58. The number of hydrogen-bond acceptors (Lipinski definition) is 18. The van der Waals surface area contributed by atoms with Gasteiger partial charge in [-0.25, -0.2) is 14.4 Å². The molecular formula is C41H74N6O16. The van der Waals surface area contributed by atoms with Gasteiger partial charge < -0.3 is 91.0 Å². The van der Waals surface area contributed by atoms with Crippen LogP contribution in [-0.4, -0.2) is 189 Å². The molecule has 3 aliphatic rings. The number of nitrogens with zero attached hydrogens (tertiary/aromatic N) is 1. The zero-order valence-electron chi connectivity index (χ0n) is 38.5. The Morgan fingerprint density at radius 2 is 1.52 bits per heavy atom. The molecule has 1 saturated heterocycles. The molecule has 63 heavy (non-hydrogen) atoms. The summed E-state index contributed by atoms with van der Waals surface area (Å²) in [5.41, 5.74) is 1.48. The lowest BCUT2D eigenvalue weighted by Gasteiger charge is -2.52. The van der Waals surface area contributed by atoms with Crippen molar-refractivity contribution >= 4 is 24.2 Å². The van der Waals surface area contributed by atoms with E-state index >= 15 is 0 Å². The summed E-state index contributed by atoms with van der Waals surface area (Å²) in [6, 6.07) is -4.41. The number of carbonyl (C=O) groups excluding carboxylic acids is 4. The van der Waals surface area contributed by atoms with Crippen LogP contribution in [-0.2, 0) is 33.2 Å². The molecule has 0 radical (unpaired) electrons. The van der Waals surface area contributed by atoms with Crippen LogP contribution in [0.3, 0.4) is 0 Å². The van der Waals surface area contributed by atoms with Crippen LogP contribution in [0.15, 0.2) is 11.8 Å². The molecule has 1 aliphatic carbocycles. The fourth-order valence-corrected chi connectivity index (χ4v) is 7.70. The number of rotatable bonds is 15. The van der Waals surface area contributed by atoms with Crippen molar-refractivity contribution in [2.45, 2.75) is 178 Å². The molecule has 13 atom stereocenters. The highest BCUT2D eigenvalue weighted by molar-refractivity contribution is 5.81. The van der Waals surface area contributed by atoms with Crippen LogP contribution in [0, 0.1) is 5.92 Å². The van der Waals surface area contributed by atoms with E-state index in [2.05, 4.69) is 21.3 Å².